The Kier molecular flexibility index (Phi) is 6.68. The van der Waals surface area contributed by atoms with Crippen molar-refractivity contribution in [2.24, 2.45) is 5.41 Å². The van der Waals surface area contributed by atoms with E-state index in [1.807, 2.05) is 30.3 Å². The lowest BCUT2D eigenvalue weighted by molar-refractivity contribution is -0.224. The Hall–Kier alpha value is -2.58. The summed E-state index contributed by atoms with van der Waals surface area (Å²) < 4.78 is 42.7. The molecule has 0 N–H and O–H groups in total. The molecule has 0 radical (unpaired) electrons. The molecule has 0 aliphatic carbocycles. The van der Waals surface area contributed by atoms with Gasteiger partial charge in [-0.25, -0.2) is 0 Å². The molecule has 2 saturated heterocycles. The van der Waals surface area contributed by atoms with Gasteiger partial charge in [-0.2, -0.15) is 13.2 Å². The van der Waals surface area contributed by atoms with E-state index < -0.39 is 17.5 Å². The Bertz CT molecular complexity index is 1010. The van der Waals surface area contributed by atoms with E-state index in [9.17, 15) is 22.8 Å². The van der Waals surface area contributed by atoms with E-state index in [-0.39, 0.29) is 51.6 Å². The summed E-state index contributed by atoms with van der Waals surface area (Å²) in [5, 5.41) is 0.433. The molecule has 2 aromatic rings. The number of likely N-dealkylation sites (tertiary alicyclic amines) is 1. The summed E-state index contributed by atoms with van der Waals surface area (Å²) in [7, 11) is 0. The van der Waals surface area contributed by atoms with Crippen molar-refractivity contribution < 1.29 is 22.8 Å². The lowest BCUT2D eigenvalue weighted by atomic mass is 9.84. The molecule has 2 aliphatic rings. The van der Waals surface area contributed by atoms with Gasteiger partial charge in [0.1, 0.15) is 0 Å². The first-order valence-corrected chi connectivity index (χ1v) is 11.2. The molecular formula is C24H25ClF3N3O2. The van der Waals surface area contributed by atoms with Crippen molar-refractivity contribution in [1.29, 1.82) is 0 Å². The predicted molar refractivity (Wildman–Crippen MR) is 119 cm³/mol. The third kappa shape index (κ3) is 4.87. The first kappa shape index (κ1) is 23.6. The number of piperazine rings is 1. The average molecular weight is 480 g/mol. The van der Waals surface area contributed by atoms with Crippen LogP contribution in [0.5, 0.6) is 0 Å². The summed E-state index contributed by atoms with van der Waals surface area (Å²) in [6.45, 7) is 0.716. The Morgan fingerprint density at radius 2 is 1.58 bits per heavy atom. The Labute approximate surface area is 195 Å². The number of rotatable bonds is 4. The van der Waals surface area contributed by atoms with Gasteiger partial charge in [0.2, 0.25) is 5.91 Å². The van der Waals surface area contributed by atoms with E-state index in [4.69, 9.17) is 11.6 Å². The van der Waals surface area contributed by atoms with Gasteiger partial charge in [-0.1, -0.05) is 48.0 Å². The fourth-order valence-electron chi connectivity index (χ4n) is 4.61. The molecule has 1 unspecified atom stereocenters. The molecule has 4 rings (SSSR count). The van der Waals surface area contributed by atoms with Gasteiger partial charge >= 0.3 is 6.18 Å². The van der Waals surface area contributed by atoms with Crippen LogP contribution in [0, 0.1) is 5.41 Å². The van der Waals surface area contributed by atoms with E-state index in [2.05, 4.69) is 0 Å². The SMILES string of the molecule is O=C(c1cccc(Cl)c1)N1CCN(C(=O)C2(C(F)(F)F)CCN(Cc3ccccc3)C2)CC1. The fraction of sp³-hybridized carbons (Fsp3) is 0.417. The van der Waals surface area contributed by atoms with Crippen molar-refractivity contribution in [3.63, 3.8) is 0 Å². The molecule has 2 heterocycles. The van der Waals surface area contributed by atoms with E-state index >= 15 is 0 Å². The molecule has 9 heteroatoms. The smallest absolute Gasteiger partial charge is 0.338 e. The maximum atomic E-state index is 14.2. The van der Waals surface area contributed by atoms with Crippen LogP contribution in [0.2, 0.25) is 5.02 Å². The maximum Gasteiger partial charge on any atom is 0.404 e. The molecule has 0 saturated carbocycles. The number of nitrogens with zero attached hydrogens (tertiary/aromatic N) is 3. The Morgan fingerprint density at radius 1 is 0.909 bits per heavy atom. The summed E-state index contributed by atoms with van der Waals surface area (Å²) in [4.78, 5) is 30.4. The minimum absolute atomic E-state index is 0.0711. The summed E-state index contributed by atoms with van der Waals surface area (Å²) in [6.07, 6.45) is -4.91. The minimum atomic E-state index is -4.65. The van der Waals surface area contributed by atoms with Crippen LogP contribution in [-0.4, -0.2) is 72.0 Å². The van der Waals surface area contributed by atoms with Crippen LogP contribution in [0.1, 0.15) is 22.3 Å². The van der Waals surface area contributed by atoms with Crippen molar-refractivity contribution in [2.45, 2.75) is 19.1 Å². The van der Waals surface area contributed by atoms with Crippen molar-refractivity contribution in [2.75, 3.05) is 39.3 Å². The maximum absolute atomic E-state index is 14.2. The molecule has 2 fully saturated rings. The third-order valence-electron chi connectivity index (χ3n) is 6.48. The number of hydrogen-bond acceptors (Lipinski definition) is 3. The largest absolute Gasteiger partial charge is 0.404 e. The number of carbonyl (C=O) groups excluding carboxylic acids is 2. The quantitative estimate of drug-likeness (QED) is 0.664. The van der Waals surface area contributed by atoms with Gasteiger partial charge in [0.25, 0.3) is 5.91 Å². The standard InChI is InChI=1S/C24H25ClF3N3O2/c25-20-8-4-7-19(15-20)21(32)30-11-13-31(14-12-30)22(33)23(24(26,27)28)9-10-29(17-23)16-18-5-2-1-3-6-18/h1-8,15H,9-14,16-17H2. The monoisotopic (exact) mass is 479 g/mol. The molecule has 0 spiro atoms. The topological polar surface area (TPSA) is 43.9 Å². The van der Waals surface area contributed by atoms with E-state index in [1.54, 1.807) is 34.1 Å². The van der Waals surface area contributed by atoms with Crippen LogP contribution < -0.4 is 0 Å². The van der Waals surface area contributed by atoms with Gasteiger partial charge in [-0.3, -0.25) is 14.5 Å². The van der Waals surface area contributed by atoms with Crippen LogP contribution in [0.15, 0.2) is 54.6 Å². The number of amides is 2. The fourth-order valence-corrected chi connectivity index (χ4v) is 4.80. The molecule has 2 amide bonds. The van der Waals surface area contributed by atoms with Crippen molar-refractivity contribution in [1.82, 2.24) is 14.7 Å². The summed E-state index contributed by atoms with van der Waals surface area (Å²) in [5.74, 6) is -1.13. The second-order valence-corrected chi connectivity index (χ2v) is 9.06. The highest BCUT2D eigenvalue weighted by Crippen LogP contribution is 2.47. The van der Waals surface area contributed by atoms with Crippen molar-refractivity contribution >= 4 is 23.4 Å². The van der Waals surface area contributed by atoms with Crippen LogP contribution in [0.25, 0.3) is 0 Å². The van der Waals surface area contributed by atoms with Gasteiger partial charge in [-0.15, -0.1) is 0 Å². The van der Waals surface area contributed by atoms with Crippen LogP contribution >= 0.6 is 11.6 Å². The number of hydrogen-bond donors (Lipinski definition) is 0. The zero-order chi connectivity index (χ0) is 23.6. The average Bonchev–Trinajstić information content (AvgIpc) is 3.24. The number of carbonyl (C=O) groups is 2. The molecule has 2 aliphatic heterocycles. The second kappa shape index (κ2) is 9.35. The van der Waals surface area contributed by atoms with E-state index in [0.29, 0.717) is 17.1 Å². The van der Waals surface area contributed by atoms with Crippen LogP contribution in [-0.2, 0) is 11.3 Å². The number of benzene rings is 2. The van der Waals surface area contributed by atoms with Crippen molar-refractivity contribution in [3.8, 4) is 0 Å². The normalized spacial score (nSPS) is 21.9. The minimum Gasteiger partial charge on any atom is -0.338 e. The second-order valence-electron chi connectivity index (χ2n) is 8.62. The highest BCUT2D eigenvalue weighted by molar-refractivity contribution is 6.30. The lowest BCUT2D eigenvalue weighted by Crippen LogP contribution is -2.58. The summed E-state index contributed by atoms with van der Waals surface area (Å²) >= 11 is 5.95. The van der Waals surface area contributed by atoms with Gasteiger partial charge in [0, 0.05) is 49.9 Å². The van der Waals surface area contributed by atoms with Gasteiger partial charge in [0.05, 0.1) is 0 Å². The number of halogens is 4. The zero-order valence-corrected chi connectivity index (χ0v) is 18.8. The molecule has 176 valence electrons. The first-order valence-electron chi connectivity index (χ1n) is 10.9. The van der Waals surface area contributed by atoms with Crippen LogP contribution in [0.4, 0.5) is 13.2 Å². The molecule has 5 nitrogen and oxygen atoms in total. The molecule has 0 aromatic heterocycles. The van der Waals surface area contributed by atoms with Gasteiger partial charge in [0.15, 0.2) is 5.41 Å². The van der Waals surface area contributed by atoms with E-state index in [0.717, 1.165) is 5.56 Å². The van der Waals surface area contributed by atoms with Gasteiger partial charge < -0.3 is 9.80 Å². The molecule has 2 aromatic carbocycles. The van der Waals surface area contributed by atoms with Gasteiger partial charge in [-0.05, 0) is 36.7 Å². The highest BCUT2D eigenvalue weighted by atomic mass is 35.5. The Balaban J connectivity index is 1.43. The lowest BCUT2D eigenvalue weighted by Gasteiger charge is -2.40. The third-order valence-corrected chi connectivity index (χ3v) is 6.71. The Morgan fingerprint density at radius 3 is 2.21 bits per heavy atom. The molecule has 0 bridgehead atoms. The molecular weight excluding hydrogens is 455 g/mol. The highest BCUT2D eigenvalue weighted by Gasteiger charge is 2.64. The summed E-state index contributed by atoms with van der Waals surface area (Å²) in [6, 6.07) is 15.8. The first-order chi connectivity index (χ1) is 15.7. The zero-order valence-electron chi connectivity index (χ0n) is 18.0. The van der Waals surface area contributed by atoms with E-state index in [1.165, 1.54) is 4.90 Å². The van der Waals surface area contributed by atoms with Crippen molar-refractivity contribution in [3.05, 3.63) is 70.7 Å². The summed E-state index contributed by atoms with van der Waals surface area (Å²) in [5.41, 5.74) is -1.08. The molecule has 33 heavy (non-hydrogen) atoms. The number of alkyl halides is 3. The predicted octanol–water partition coefficient (Wildman–Crippen LogP) is 4.08. The molecule has 1 atom stereocenters. The van der Waals surface area contributed by atoms with Crippen LogP contribution in [0.3, 0.4) is 0 Å².